The van der Waals surface area contributed by atoms with Crippen molar-refractivity contribution in [3.63, 3.8) is 0 Å². The second kappa shape index (κ2) is 6.44. The van der Waals surface area contributed by atoms with Crippen molar-refractivity contribution in [2.45, 2.75) is 26.4 Å². The summed E-state index contributed by atoms with van der Waals surface area (Å²) in [7, 11) is 1.30. The van der Waals surface area contributed by atoms with Crippen molar-refractivity contribution in [3.8, 4) is 12.3 Å². The molecule has 0 unspecified atom stereocenters. The minimum absolute atomic E-state index is 0.0655. The maximum Gasteiger partial charge on any atom is 0.416 e. The molecule has 0 N–H and O–H groups in total. The number of carbonyl (C=O) groups excluding carboxylic acids is 2. The van der Waals surface area contributed by atoms with Gasteiger partial charge in [0, 0.05) is 0 Å². The molecule has 0 aliphatic rings. The molecule has 0 aliphatic heterocycles. The summed E-state index contributed by atoms with van der Waals surface area (Å²) in [4.78, 5) is 25.2. The van der Waals surface area contributed by atoms with Gasteiger partial charge < -0.3 is 9.47 Å². The summed E-state index contributed by atoms with van der Waals surface area (Å²) in [5.74, 6) is 1.95. The molecule has 1 amide bonds. The molecule has 5 nitrogen and oxygen atoms in total. The van der Waals surface area contributed by atoms with Gasteiger partial charge in [-0.05, 0) is 32.9 Å². The number of methoxy groups -OCH3 is 1. The average Bonchev–Trinajstić information content (AvgIpc) is 2.81. The number of nitrogens with zero attached hydrogens (tertiary/aromatic N) is 1. The first-order valence-electron chi connectivity index (χ1n) is 5.90. The maximum absolute atomic E-state index is 12.1. The van der Waals surface area contributed by atoms with Crippen LogP contribution in [0.25, 0.3) is 0 Å². The van der Waals surface area contributed by atoms with E-state index in [1.807, 2.05) is 0 Å². The highest BCUT2D eigenvalue weighted by Gasteiger charge is 2.24. The van der Waals surface area contributed by atoms with Crippen LogP contribution in [0, 0.1) is 12.3 Å². The molecule has 1 aromatic heterocycles. The minimum atomic E-state index is -0.619. The topological polar surface area (TPSA) is 55.8 Å². The summed E-state index contributed by atoms with van der Waals surface area (Å²) >= 11 is 1.12. The number of rotatable bonds is 3. The zero-order valence-electron chi connectivity index (χ0n) is 11.9. The molecule has 1 aromatic rings. The van der Waals surface area contributed by atoms with E-state index in [-0.39, 0.29) is 6.54 Å². The first-order chi connectivity index (χ1) is 9.28. The van der Waals surface area contributed by atoms with Gasteiger partial charge in [-0.25, -0.2) is 9.59 Å². The summed E-state index contributed by atoms with van der Waals surface area (Å²) in [5.41, 5.74) is -0.619. The van der Waals surface area contributed by atoms with Crippen molar-refractivity contribution in [1.29, 1.82) is 0 Å². The first kappa shape index (κ1) is 16.1. The lowest BCUT2D eigenvalue weighted by atomic mass is 10.2. The van der Waals surface area contributed by atoms with Gasteiger partial charge >= 0.3 is 12.1 Å². The van der Waals surface area contributed by atoms with Crippen LogP contribution in [0.3, 0.4) is 0 Å². The quantitative estimate of drug-likeness (QED) is 0.635. The Morgan fingerprint density at radius 3 is 2.55 bits per heavy atom. The van der Waals surface area contributed by atoms with Gasteiger partial charge in [-0.3, -0.25) is 4.90 Å². The lowest BCUT2D eigenvalue weighted by Crippen LogP contribution is -2.36. The molecule has 20 heavy (non-hydrogen) atoms. The van der Waals surface area contributed by atoms with Crippen molar-refractivity contribution in [3.05, 3.63) is 17.0 Å². The SMILES string of the molecule is C#CCN(C(=O)OC(C)(C)C)c1ccc(C(=O)OC)s1. The molecular weight excluding hydrogens is 278 g/mol. The number of thiophene rings is 1. The molecule has 0 atom stereocenters. The third kappa shape index (κ3) is 4.28. The average molecular weight is 295 g/mol. The van der Waals surface area contributed by atoms with Gasteiger partial charge in [0.15, 0.2) is 0 Å². The number of anilines is 1. The second-order valence-corrected chi connectivity index (χ2v) is 5.96. The highest BCUT2D eigenvalue weighted by atomic mass is 32.1. The largest absolute Gasteiger partial charge is 0.465 e. The Bertz CT molecular complexity index is 536. The molecule has 0 fully saturated rings. The molecular formula is C14H17NO4S. The Labute approximate surface area is 122 Å². The predicted octanol–water partition coefficient (Wildman–Crippen LogP) is 2.91. The zero-order valence-corrected chi connectivity index (χ0v) is 12.7. The molecule has 0 aliphatic carbocycles. The molecule has 0 saturated carbocycles. The first-order valence-corrected chi connectivity index (χ1v) is 6.72. The van der Waals surface area contributed by atoms with E-state index >= 15 is 0 Å². The summed E-state index contributed by atoms with van der Waals surface area (Å²) in [6.45, 7) is 5.38. The van der Waals surface area contributed by atoms with Gasteiger partial charge in [0.2, 0.25) is 0 Å². The molecule has 0 bridgehead atoms. The van der Waals surface area contributed by atoms with E-state index in [0.29, 0.717) is 9.88 Å². The number of terminal acetylenes is 1. The van der Waals surface area contributed by atoms with Crippen LogP contribution in [-0.2, 0) is 9.47 Å². The molecule has 0 saturated heterocycles. The molecule has 0 aromatic carbocycles. The van der Waals surface area contributed by atoms with Gasteiger partial charge in [0.1, 0.15) is 15.5 Å². The summed E-state index contributed by atoms with van der Waals surface area (Å²) in [5, 5.41) is 0.539. The van der Waals surface area contributed by atoms with Crippen LogP contribution < -0.4 is 4.90 Å². The van der Waals surface area contributed by atoms with Crippen LogP contribution in [0.15, 0.2) is 12.1 Å². The van der Waals surface area contributed by atoms with Gasteiger partial charge in [-0.15, -0.1) is 17.8 Å². The van der Waals surface area contributed by atoms with Crippen LogP contribution in [0.1, 0.15) is 30.4 Å². The van der Waals surface area contributed by atoms with Crippen molar-refractivity contribution in [2.24, 2.45) is 0 Å². The van der Waals surface area contributed by atoms with Crippen LogP contribution >= 0.6 is 11.3 Å². The molecule has 1 heterocycles. The molecule has 1 rings (SSSR count). The second-order valence-electron chi connectivity index (χ2n) is 4.90. The number of hydrogen-bond acceptors (Lipinski definition) is 5. The van der Waals surface area contributed by atoms with Crippen LogP contribution in [-0.4, -0.2) is 31.3 Å². The van der Waals surface area contributed by atoms with Crippen molar-refractivity contribution >= 4 is 28.4 Å². The predicted molar refractivity (Wildman–Crippen MR) is 78.1 cm³/mol. The van der Waals surface area contributed by atoms with Crippen molar-refractivity contribution in [1.82, 2.24) is 0 Å². The van der Waals surface area contributed by atoms with Crippen molar-refractivity contribution in [2.75, 3.05) is 18.6 Å². The normalized spacial score (nSPS) is 10.6. The summed E-state index contributed by atoms with van der Waals surface area (Å²) in [6, 6.07) is 3.22. The fourth-order valence-electron chi connectivity index (χ4n) is 1.32. The lowest BCUT2D eigenvalue weighted by Gasteiger charge is -2.25. The van der Waals surface area contributed by atoms with E-state index in [0.717, 1.165) is 11.3 Å². The number of amides is 1. The standard InChI is InChI=1S/C14H17NO4S/c1-6-9-15(13(17)19-14(2,3)4)11-8-7-10(20-11)12(16)18-5/h1,7-8H,9H2,2-5H3. The minimum Gasteiger partial charge on any atom is -0.465 e. The third-order valence-electron chi connectivity index (χ3n) is 2.11. The van der Waals surface area contributed by atoms with E-state index < -0.39 is 17.7 Å². The summed E-state index contributed by atoms with van der Waals surface area (Å²) in [6.07, 6.45) is 4.73. The number of carbonyl (C=O) groups is 2. The fraction of sp³-hybridized carbons (Fsp3) is 0.429. The lowest BCUT2D eigenvalue weighted by molar-refractivity contribution is 0.0581. The molecule has 0 radical (unpaired) electrons. The summed E-state index contributed by atoms with van der Waals surface area (Å²) < 4.78 is 9.91. The Morgan fingerprint density at radius 1 is 1.40 bits per heavy atom. The number of ether oxygens (including phenoxy) is 2. The van der Waals surface area contributed by atoms with E-state index in [1.165, 1.54) is 12.0 Å². The Hall–Kier alpha value is -2.00. The Kier molecular flexibility index (Phi) is 5.17. The monoisotopic (exact) mass is 295 g/mol. The molecule has 108 valence electrons. The Morgan fingerprint density at radius 2 is 2.05 bits per heavy atom. The number of hydrogen-bond donors (Lipinski definition) is 0. The maximum atomic E-state index is 12.1. The van der Waals surface area contributed by atoms with Gasteiger partial charge in [-0.1, -0.05) is 5.92 Å². The van der Waals surface area contributed by atoms with E-state index in [2.05, 4.69) is 10.7 Å². The van der Waals surface area contributed by atoms with Crippen molar-refractivity contribution < 1.29 is 19.1 Å². The Balaban J connectivity index is 2.97. The van der Waals surface area contributed by atoms with E-state index in [1.54, 1.807) is 32.9 Å². The van der Waals surface area contributed by atoms with Gasteiger partial charge in [0.25, 0.3) is 0 Å². The van der Waals surface area contributed by atoms with E-state index in [9.17, 15) is 9.59 Å². The highest BCUT2D eigenvalue weighted by molar-refractivity contribution is 7.18. The number of esters is 1. The smallest absolute Gasteiger partial charge is 0.416 e. The molecule has 0 spiro atoms. The molecule has 6 heteroatoms. The fourth-order valence-corrected chi connectivity index (χ4v) is 2.24. The third-order valence-corrected chi connectivity index (χ3v) is 3.20. The van der Waals surface area contributed by atoms with Crippen LogP contribution in [0.4, 0.5) is 9.80 Å². The van der Waals surface area contributed by atoms with Gasteiger partial charge in [0.05, 0.1) is 13.7 Å². The van der Waals surface area contributed by atoms with Crippen LogP contribution in [0.2, 0.25) is 0 Å². The van der Waals surface area contributed by atoms with E-state index in [4.69, 9.17) is 11.2 Å². The zero-order chi connectivity index (χ0) is 15.3. The highest BCUT2D eigenvalue weighted by Crippen LogP contribution is 2.27. The van der Waals surface area contributed by atoms with Crippen LogP contribution in [0.5, 0.6) is 0 Å². The van der Waals surface area contributed by atoms with Gasteiger partial charge in [-0.2, -0.15) is 0 Å².